The van der Waals surface area contributed by atoms with E-state index in [4.69, 9.17) is 4.74 Å². The third-order valence-corrected chi connectivity index (χ3v) is 4.73. The van der Waals surface area contributed by atoms with Gasteiger partial charge in [0.25, 0.3) is 0 Å². The van der Waals surface area contributed by atoms with Crippen molar-refractivity contribution in [2.45, 2.75) is 38.3 Å². The molecule has 6 heteroatoms. The quantitative estimate of drug-likeness (QED) is 0.649. The number of methoxy groups -OCH3 is 1. The van der Waals surface area contributed by atoms with Crippen LogP contribution in [0.3, 0.4) is 0 Å². The van der Waals surface area contributed by atoms with Crippen molar-refractivity contribution in [2.75, 3.05) is 24.1 Å². The van der Waals surface area contributed by atoms with Gasteiger partial charge in [0.15, 0.2) is 0 Å². The summed E-state index contributed by atoms with van der Waals surface area (Å²) in [5.41, 5.74) is 1.55. The molecule has 1 saturated carbocycles. The normalized spacial score (nSPS) is 15.1. The van der Waals surface area contributed by atoms with Gasteiger partial charge in [-0.15, -0.1) is 0 Å². The van der Waals surface area contributed by atoms with Crippen molar-refractivity contribution in [3.05, 3.63) is 29.8 Å². The Kier molecular flexibility index (Phi) is 6.02. The average molecular weight is 312 g/mol. The van der Waals surface area contributed by atoms with Crippen molar-refractivity contribution in [3.8, 4) is 0 Å². The Labute approximate surface area is 127 Å². The molecule has 5 nitrogen and oxygen atoms in total. The zero-order valence-electron chi connectivity index (χ0n) is 12.5. The zero-order valence-corrected chi connectivity index (χ0v) is 13.3. The van der Waals surface area contributed by atoms with Gasteiger partial charge in [-0.25, -0.2) is 8.42 Å². The number of rotatable bonds is 10. The van der Waals surface area contributed by atoms with E-state index < -0.39 is 10.0 Å². The van der Waals surface area contributed by atoms with E-state index in [0.29, 0.717) is 24.8 Å². The van der Waals surface area contributed by atoms with Gasteiger partial charge < -0.3 is 10.1 Å². The van der Waals surface area contributed by atoms with E-state index in [1.165, 1.54) is 12.8 Å². The van der Waals surface area contributed by atoms with E-state index in [-0.39, 0.29) is 5.75 Å². The highest BCUT2D eigenvalue weighted by Crippen LogP contribution is 2.18. The van der Waals surface area contributed by atoms with Gasteiger partial charge in [0.05, 0.1) is 12.4 Å². The van der Waals surface area contributed by atoms with Crippen LogP contribution in [-0.2, 0) is 21.4 Å². The van der Waals surface area contributed by atoms with Crippen molar-refractivity contribution in [1.29, 1.82) is 0 Å². The predicted octanol–water partition coefficient (Wildman–Crippen LogP) is 2.11. The predicted molar refractivity (Wildman–Crippen MR) is 84.8 cm³/mol. The summed E-state index contributed by atoms with van der Waals surface area (Å²) >= 11 is 0. The first kappa shape index (κ1) is 16.3. The summed E-state index contributed by atoms with van der Waals surface area (Å²) < 4.78 is 31.7. The third kappa shape index (κ3) is 6.46. The van der Waals surface area contributed by atoms with E-state index in [1.54, 1.807) is 19.2 Å². The Morgan fingerprint density at radius 1 is 1.29 bits per heavy atom. The molecule has 0 bridgehead atoms. The van der Waals surface area contributed by atoms with Crippen LogP contribution >= 0.6 is 0 Å². The maximum atomic E-state index is 12.0. The first-order valence-corrected chi connectivity index (χ1v) is 9.06. The van der Waals surface area contributed by atoms with Crippen LogP contribution < -0.4 is 10.0 Å². The maximum absolute atomic E-state index is 12.0. The molecule has 0 amide bonds. The van der Waals surface area contributed by atoms with Crippen molar-refractivity contribution >= 4 is 15.7 Å². The number of benzene rings is 1. The second-order valence-corrected chi connectivity index (χ2v) is 7.33. The van der Waals surface area contributed by atoms with Crippen LogP contribution in [0.5, 0.6) is 0 Å². The fraction of sp³-hybridized carbons (Fsp3) is 0.600. The summed E-state index contributed by atoms with van der Waals surface area (Å²) in [5, 5.41) is 3.38. The summed E-state index contributed by atoms with van der Waals surface area (Å²) in [5.74, 6) is 0.161. The van der Waals surface area contributed by atoms with Crippen LogP contribution in [0.15, 0.2) is 24.3 Å². The zero-order chi connectivity index (χ0) is 15.1. The Morgan fingerprint density at radius 2 is 2.10 bits per heavy atom. The van der Waals surface area contributed by atoms with Gasteiger partial charge in [-0.2, -0.15) is 0 Å². The summed E-state index contributed by atoms with van der Waals surface area (Å²) in [6, 6.07) is 7.97. The highest BCUT2D eigenvalue weighted by atomic mass is 32.2. The second-order valence-electron chi connectivity index (χ2n) is 5.49. The number of anilines is 1. The van der Waals surface area contributed by atoms with Crippen molar-refractivity contribution < 1.29 is 13.2 Å². The fourth-order valence-electron chi connectivity index (χ4n) is 2.13. The lowest BCUT2D eigenvalue weighted by atomic mass is 10.2. The molecule has 1 aromatic carbocycles. The van der Waals surface area contributed by atoms with Gasteiger partial charge >= 0.3 is 0 Å². The minimum atomic E-state index is -3.27. The number of unbranched alkanes of at least 4 members (excludes halogenated alkanes) is 1. The average Bonchev–Trinajstić information content (AvgIpc) is 3.22. The molecule has 21 heavy (non-hydrogen) atoms. The highest BCUT2D eigenvalue weighted by Gasteiger charge is 2.19. The molecule has 2 N–H and O–H groups in total. The molecule has 0 heterocycles. The molecular weight excluding hydrogens is 288 g/mol. The molecule has 0 aliphatic heterocycles. The minimum Gasteiger partial charge on any atom is -0.380 e. The molecule has 0 saturated heterocycles. The van der Waals surface area contributed by atoms with Gasteiger partial charge in [0.1, 0.15) is 0 Å². The number of nitrogens with one attached hydrogen (secondary N) is 2. The van der Waals surface area contributed by atoms with Crippen molar-refractivity contribution in [1.82, 2.24) is 5.32 Å². The summed E-state index contributed by atoms with van der Waals surface area (Å²) in [6.45, 7) is 1.38. The molecule has 1 aliphatic carbocycles. The SMILES string of the molecule is COCc1cccc(NS(=O)(=O)CCCCNC2CC2)c1. The van der Waals surface area contributed by atoms with Gasteiger partial charge in [0, 0.05) is 18.8 Å². The summed E-state index contributed by atoms with van der Waals surface area (Å²) in [4.78, 5) is 0. The molecule has 0 radical (unpaired) electrons. The molecule has 0 unspecified atom stereocenters. The second kappa shape index (κ2) is 7.77. The molecule has 1 fully saturated rings. The minimum absolute atomic E-state index is 0.161. The van der Waals surface area contributed by atoms with Crippen LogP contribution in [0, 0.1) is 0 Å². The van der Waals surface area contributed by atoms with Crippen molar-refractivity contribution in [2.24, 2.45) is 0 Å². The molecule has 1 aliphatic rings. The van der Waals surface area contributed by atoms with Gasteiger partial charge in [0.2, 0.25) is 10.0 Å². The van der Waals surface area contributed by atoms with Crippen LogP contribution in [0.1, 0.15) is 31.2 Å². The fourth-order valence-corrected chi connectivity index (χ4v) is 3.30. The van der Waals surface area contributed by atoms with Crippen LogP contribution in [-0.4, -0.2) is 33.9 Å². The molecule has 118 valence electrons. The lowest BCUT2D eigenvalue weighted by Gasteiger charge is -2.09. The first-order valence-electron chi connectivity index (χ1n) is 7.41. The topological polar surface area (TPSA) is 67.4 Å². The number of hydrogen-bond acceptors (Lipinski definition) is 4. The molecule has 2 rings (SSSR count). The first-order chi connectivity index (χ1) is 10.1. The van der Waals surface area contributed by atoms with E-state index in [0.717, 1.165) is 18.5 Å². The molecular formula is C15H24N2O3S. The largest absolute Gasteiger partial charge is 0.380 e. The van der Waals surface area contributed by atoms with E-state index in [1.807, 2.05) is 12.1 Å². The number of hydrogen-bond donors (Lipinski definition) is 2. The molecule has 1 aromatic rings. The lowest BCUT2D eigenvalue weighted by Crippen LogP contribution is -2.20. The van der Waals surface area contributed by atoms with E-state index >= 15 is 0 Å². The van der Waals surface area contributed by atoms with E-state index in [9.17, 15) is 8.42 Å². The van der Waals surface area contributed by atoms with Crippen LogP contribution in [0.2, 0.25) is 0 Å². The third-order valence-electron chi connectivity index (χ3n) is 3.36. The Bertz CT molecular complexity index is 542. The van der Waals surface area contributed by atoms with E-state index in [2.05, 4.69) is 10.0 Å². The van der Waals surface area contributed by atoms with Crippen LogP contribution in [0.25, 0.3) is 0 Å². The maximum Gasteiger partial charge on any atom is 0.232 e. The number of ether oxygens (including phenoxy) is 1. The molecule has 0 aromatic heterocycles. The molecule has 0 spiro atoms. The Balaban J connectivity index is 1.74. The van der Waals surface area contributed by atoms with Crippen molar-refractivity contribution in [3.63, 3.8) is 0 Å². The Hall–Kier alpha value is -1.11. The monoisotopic (exact) mass is 312 g/mol. The summed E-state index contributed by atoms with van der Waals surface area (Å²) in [7, 11) is -1.65. The smallest absolute Gasteiger partial charge is 0.232 e. The summed E-state index contributed by atoms with van der Waals surface area (Å²) in [6.07, 6.45) is 4.09. The highest BCUT2D eigenvalue weighted by molar-refractivity contribution is 7.92. The Morgan fingerprint density at radius 3 is 2.81 bits per heavy atom. The molecule has 0 atom stereocenters. The van der Waals surface area contributed by atoms with Gasteiger partial charge in [-0.3, -0.25) is 4.72 Å². The van der Waals surface area contributed by atoms with Gasteiger partial charge in [-0.05, 0) is 49.9 Å². The standard InChI is InChI=1S/C15H24N2O3S/c1-20-12-13-5-4-6-15(11-13)17-21(18,19)10-3-2-9-16-14-7-8-14/h4-6,11,14,16-17H,2-3,7-10,12H2,1H3. The van der Waals surface area contributed by atoms with Crippen LogP contribution in [0.4, 0.5) is 5.69 Å². The lowest BCUT2D eigenvalue weighted by molar-refractivity contribution is 0.185. The van der Waals surface area contributed by atoms with Gasteiger partial charge in [-0.1, -0.05) is 12.1 Å². The number of sulfonamides is 1.